The van der Waals surface area contributed by atoms with Gasteiger partial charge in [-0.2, -0.15) is 0 Å². The number of nitrogens with zero attached hydrogens (tertiary/aromatic N) is 2. The number of aromatic nitrogens is 2. The van der Waals surface area contributed by atoms with E-state index in [2.05, 4.69) is 11.1 Å². The number of fused-ring (bicyclic) bond motifs is 1. The number of imidazole rings is 1. The third-order valence-corrected chi connectivity index (χ3v) is 4.89. The lowest BCUT2D eigenvalue weighted by atomic mass is 10.0. The molecule has 3 aromatic carbocycles. The third kappa shape index (κ3) is 3.10. The van der Waals surface area contributed by atoms with Gasteiger partial charge in [-0.25, -0.2) is 4.98 Å². The van der Waals surface area contributed by atoms with Gasteiger partial charge >= 0.3 is 0 Å². The van der Waals surface area contributed by atoms with Gasteiger partial charge in [-0.05, 0) is 54.4 Å². The maximum Gasteiger partial charge on any atom is 0.130 e. The van der Waals surface area contributed by atoms with Gasteiger partial charge in [0.2, 0.25) is 0 Å². The van der Waals surface area contributed by atoms with Crippen LogP contribution in [0.5, 0.6) is 11.5 Å². The Hall–Kier alpha value is -3.31. The van der Waals surface area contributed by atoms with E-state index in [4.69, 9.17) is 9.47 Å². The summed E-state index contributed by atoms with van der Waals surface area (Å²) in [5.74, 6) is 1.52. The highest BCUT2D eigenvalue weighted by molar-refractivity contribution is 5.81. The zero-order valence-electron chi connectivity index (χ0n) is 16.1. The first-order chi connectivity index (χ1) is 13.6. The number of benzene rings is 3. The summed E-state index contributed by atoms with van der Waals surface area (Å²) in [6.45, 7) is 1.75. The molecule has 0 aliphatic carbocycles. The molecule has 0 aliphatic heterocycles. The van der Waals surface area contributed by atoms with Crippen molar-refractivity contribution in [2.75, 3.05) is 14.2 Å². The van der Waals surface area contributed by atoms with Gasteiger partial charge in [0, 0.05) is 5.69 Å². The molecule has 142 valence electrons. The molecule has 28 heavy (non-hydrogen) atoms. The lowest BCUT2D eigenvalue weighted by Crippen LogP contribution is -1.96. The quantitative estimate of drug-likeness (QED) is 0.547. The van der Waals surface area contributed by atoms with Gasteiger partial charge in [-0.15, -0.1) is 0 Å². The topological polar surface area (TPSA) is 56.5 Å². The third-order valence-electron chi connectivity index (χ3n) is 4.89. The zero-order chi connectivity index (χ0) is 19.7. The number of rotatable bonds is 5. The van der Waals surface area contributed by atoms with Gasteiger partial charge in [0.05, 0.1) is 36.9 Å². The highest BCUT2D eigenvalue weighted by Crippen LogP contribution is 2.39. The molecular weight excluding hydrogens is 352 g/mol. The zero-order valence-corrected chi connectivity index (χ0v) is 16.1. The number of aliphatic hydroxyl groups is 1. The monoisotopic (exact) mass is 374 g/mol. The molecule has 1 heterocycles. The van der Waals surface area contributed by atoms with E-state index in [0.29, 0.717) is 0 Å². The van der Waals surface area contributed by atoms with Crippen molar-refractivity contribution in [3.05, 3.63) is 72.6 Å². The highest BCUT2D eigenvalue weighted by Gasteiger charge is 2.14. The van der Waals surface area contributed by atoms with Crippen molar-refractivity contribution in [2.24, 2.45) is 0 Å². The van der Waals surface area contributed by atoms with Gasteiger partial charge < -0.3 is 14.6 Å². The molecule has 4 aromatic rings. The van der Waals surface area contributed by atoms with Crippen LogP contribution < -0.4 is 9.47 Å². The summed E-state index contributed by atoms with van der Waals surface area (Å²) in [6, 6.07) is 19.8. The second-order valence-corrected chi connectivity index (χ2v) is 6.63. The SMILES string of the molecule is COc1cccc(OC)c1-c1cccc(-n2cnc3cc([C@H](C)O)ccc32)c1. The number of ether oxygens (including phenoxy) is 2. The maximum atomic E-state index is 9.81. The van der Waals surface area contributed by atoms with Gasteiger partial charge in [0.25, 0.3) is 0 Å². The lowest BCUT2D eigenvalue weighted by molar-refractivity contribution is 0.199. The molecule has 0 saturated carbocycles. The number of methoxy groups -OCH3 is 2. The lowest BCUT2D eigenvalue weighted by Gasteiger charge is -2.14. The summed E-state index contributed by atoms with van der Waals surface area (Å²) in [5, 5.41) is 9.81. The molecule has 1 aromatic heterocycles. The Kier molecular flexibility index (Phi) is 4.75. The smallest absolute Gasteiger partial charge is 0.130 e. The Balaban J connectivity index is 1.84. The van der Waals surface area contributed by atoms with Crippen molar-refractivity contribution in [2.45, 2.75) is 13.0 Å². The highest BCUT2D eigenvalue weighted by atomic mass is 16.5. The van der Waals surface area contributed by atoms with E-state index in [1.807, 2.05) is 59.2 Å². The van der Waals surface area contributed by atoms with Gasteiger partial charge in [-0.3, -0.25) is 4.57 Å². The molecule has 5 heteroatoms. The second kappa shape index (κ2) is 7.37. The van der Waals surface area contributed by atoms with Crippen LogP contribution in [-0.4, -0.2) is 28.9 Å². The van der Waals surface area contributed by atoms with E-state index in [-0.39, 0.29) is 0 Å². The Morgan fingerprint density at radius 1 is 0.929 bits per heavy atom. The molecular formula is C23H22N2O3. The van der Waals surface area contributed by atoms with E-state index in [9.17, 15) is 5.11 Å². The molecule has 0 amide bonds. The average Bonchev–Trinajstić information content (AvgIpc) is 3.16. The van der Waals surface area contributed by atoms with E-state index in [1.54, 1.807) is 27.5 Å². The van der Waals surface area contributed by atoms with Crippen LogP contribution in [0.25, 0.3) is 27.8 Å². The summed E-state index contributed by atoms with van der Waals surface area (Å²) >= 11 is 0. The molecule has 0 saturated heterocycles. The van der Waals surface area contributed by atoms with Gasteiger partial charge in [0.1, 0.15) is 17.8 Å². The predicted octanol–water partition coefficient (Wildman–Crippen LogP) is 4.76. The van der Waals surface area contributed by atoms with Crippen LogP contribution in [0.15, 0.2) is 67.0 Å². The molecule has 0 aliphatic rings. The Labute approximate surface area is 163 Å². The molecule has 1 atom stereocenters. The fourth-order valence-corrected chi connectivity index (χ4v) is 3.44. The molecule has 0 unspecified atom stereocenters. The Morgan fingerprint density at radius 3 is 2.32 bits per heavy atom. The van der Waals surface area contributed by atoms with Crippen LogP contribution in [0.1, 0.15) is 18.6 Å². The fourth-order valence-electron chi connectivity index (χ4n) is 3.44. The first-order valence-electron chi connectivity index (χ1n) is 9.09. The minimum absolute atomic E-state index is 0.518. The van der Waals surface area contributed by atoms with Crippen molar-refractivity contribution < 1.29 is 14.6 Å². The van der Waals surface area contributed by atoms with E-state index in [0.717, 1.165) is 44.9 Å². The molecule has 4 rings (SSSR count). The Morgan fingerprint density at radius 2 is 1.64 bits per heavy atom. The molecule has 0 radical (unpaired) electrons. The van der Waals surface area contributed by atoms with Crippen molar-refractivity contribution in [1.29, 1.82) is 0 Å². The number of hydrogen-bond donors (Lipinski definition) is 1. The predicted molar refractivity (Wildman–Crippen MR) is 110 cm³/mol. The minimum atomic E-state index is -0.518. The first kappa shape index (κ1) is 18.1. The van der Waals surface area contributed by atoms with Crippen LogP contribution in [0.3, 0.4) is 0 Å². The van der Waals surface area contributed by atoms with Crippen LogP contribution in [0, 0.1) is 0 Å². The maximum absolute atomic E-state index is 9.81. The molecule has 0 bridgehead atoms. The number of aliphatic hydroxyl groups excluding tert-OH is 1. The summed E-state index contributed by atoms with van der Waals surface area (Å²) in [4.78, 5) is 4.51. The van der Waals surface area contributed by atoms with E-state index < -0.39 is 6.10 Å². The van der Waals surface area contributed by atoms with Crippen LogP contribution in [-0.2, 0) is 0 Å². The molecule has 0 fully saturated rings. The average molecular weight is 374 g/mol. The van der Waals surface area contributed by atoms with Crippen LogP contribution in [0.4, 0.5) is 0 Å². The normalized spacial score (nSPS) is 12.1. The van der Waals surface area contributed by atoms with Crippen molar-refractivity contribution >= 4 is 11.0 Å². The largest absolute Gasteiger partial charge is 0.496 e. The first-order valence-corrected chi connectivity index (χ1v) is 9.09. The molecule has 5 nitrogen and oxygen atoms in total. The molecule has 0 spiro atoms. The summed E-state index contributed by atoms with van der Waals surface area (Å²) in [7, 11) is 3.32. The van der Waals surface area contributed by atoms with Gasteiger partial charge in [-0.1, -0.05) is 24.3 Å². The van der Waals surface area contributed by atoms with Gasteiger partial charge in [0.15, 0.2) is 0 Å². The summed E-state index contributed by atoms with van der Waals surface area (Å²) in [6.07, 6.45) is 1.28. The van der Waals surface area contributed by atoms with Crippen molar-refractivity contribution in [1.82, 2.24) is 9.55 Å². The Bertz CT molecular complexity index is 1110. The van der Waals surface area contributed by atoms with Crippen molar-refractivity contribution in [3.8, 4) is 28.3 Å². The summed E-state index contributed by atoms with van der Waals surface area (Å²) < 4.78 is 13.1. The molecule has 1 N–H and O–H groups in total. The van der Waals surface area contributed by atoms with E-state index >= 15 is 0 Å². The van der Waals surface area contributed by atoms with Crippen LogP contribution >= 0.6 is 0 Å². The second-order valence-electron chi connectivity index (χ2n) is 6.63. The number of hydrogen-bond acceptors (Lipinski definition) is 4. The summed E-state index contributed by atoms with van der Waals surface area (Å²) in [5.41, 5.74) is 5.57. The van der Waals surface area contributed by atoms with Crippen molar-refractivity contribution in [3.63, 3.8) is 0 Å². The minimum Gasteiger partial charge on any atom is -0.496 e. The van der Waals surface area contributed by atoms with Crippen LogP contribution in [0.2, 0.25) is 0 Å². The standard InChI is InChI=1S/C23H22N2O3/c1-15(26)16-10-11-20-19(13-16)24-14-25(20)18-7-4-6-17(12-18)23-21(27-2)8-5-9-22(23)28-3/h4-15,26H,1-3H3/t15-/m0/s1. The van der Waals surface area contributed by atoms with E-state index in [1.165, 1.54) is 0 Å². The fraction of sp³-hybridized carbons (Fsp3) is 0.174.